The van der Waals surface area contributed by atoms with E-state index in [-0.39, 0.29) is 11.8 Å². The molecule has 1 aliphatic heterocycles. The van der Waals surface area contributed by atoms with Crippen LogP contribution in [0.25, 0.3) is 0 Å². The number of anilines is 2. The topological polar surface area (TPSA) is 49.4 Å². The molecule has 4 nitrogen and oxygen atoms in total. The molecule has 1 heterocycles. The Balaban J connectivity index is 1.76. The third-order valence-electron chi connectivity index (χ3n) is 4.84. The van der Waals surface area contributed by atoms with Gasteiger partial charge in [-0.2, -0.15) is 0 Å². The van der Waals surface area contributed by atoms with Gasteiger partial charge in [0.1, 0.15) is 0 Å². The van der Waals surface area contributed by atoms with Crippen LogP contribution >= 0.6 is 0 Å². The monoisotopic (exact) mass is 350 g/mol. The van der Waals surface area contributed by atoms with Gasteiger partial charge in [-0.05, 0) is 61.6 Å². The number of hydrogen-bond acceptors (Lipinski definition) is 2. The zero-order chi connectivity index (χ0) is 18.5. The van der Waals surface area contributed by atoms with Gasteiger partial charge in [-0.3, -0.25) is 9.59 Å². The van der Waals surface area contributed by atoms with E-state index in [9.17, 15) is 9.59 Å². The molecular formula is C22H26N2O2. The van der Waals surface area contributed by atoms with E-state index in [1.807, 2.05) is 54.3 Å². The minimum absolute atomic E-state index is 0.132. The second kappa shape index (κ2) is 8.17. The highest BCUT2D eigenvalue weighted by molar-refractivity contribution is 6.05. The van der Waals surface area contributed by atoms with Crippen molar-refractivity contribution in [3.8, 4) is 0 Å². The lowest BCUT2D eigenvalue weighted by Gasteiger charge is -2.28. The molecule has 0 aromatic heterocycles. The lowest BCUT2D eigenvalue weighted by molar-refractivity contribution is -0.119. The summed E-state index contributed by atoms with van der Waals surface area (Å²) < 4.78 is 0. The summed E-state index contributed by atoms with van der Waals surface area (Å²) in [7, 11) is 0. The molecule has 0 spiro atoms. The second-order valence-corrected chi connectivity index (χ2v) is 6.90. The first-order valence-corrected chi connectivity index (χ1v) is 9.40. The maximum absolute atomic E-state index is 12.5. The van der Waals surface area contributed by atoms with E-state index >= 15 is 0 Å². The Morgan fingerprint density at radius 1 is 1.12 bits per heavy atom. The summed E-state index contributed by atoms with van der Waals surface area (Å²) >= 11 is 0. The molecule has 2 aromatic carbocycles. The largest absolute Gasteiger partial charge is 0.322 e. The Morgan fingerprint density at radius 3 is 2.58 bits per heavy atom. The molecule has 1 fully saturated rings. The average molecular weight is 350 g/mol. The van der Waals surface area contributed by atoms with Crippen molar-refractivity contribution in [1.29, 1.82) is 0 Å². The predicted molar refractivity (Wildman–Crippen MR) is 106 cm³/mol. The van der Waals surface area contributed by atoms with Crippen LogP contribution < -0.4 is 10.2 Å². The normalized spacial score (nSPS) is 14.4. The number of nitrogens with one attached hydrogen (secondary N) is 1. The molecule has 0 saturated carbocycles. The van der Waals surface area contributed by atoms with Crippen LogP contribution in [-0.2, 0) is 11.2 Å². The minimum Gasteiger partial charge on any atom is -0.322 e. The van der Waals surface area contributed by atoms with E-state index in [0.717, 1.165) is 43.5 Å². The third kappa shape index (κ3) is 4.13. The lowest BCUT2D eigenvalue weighted by atomic mass is 10.1. The summed E-state index contributed by atoms with van der Waals surface area (Å²) in [6.45, 7) is 4.88. The van der Waals surface area contributed by atoms with Crippen LogP contribution in [-0.4, -0.2) is 18.4 Å². The fourth-order valence-corrected chi connectivity index (χ4v) is 3.35. The highest BCUT2D eigenvalue weighted by atomic mass is 16.2. The second-order valence-electron chi connectivity index (χ2n) is 6.90. The maximum atomic E-state index is 12.5. The molecular weight excluding hydrogens is 324 g/mol. The quantitative estimate of drug-likeness (QED) is 0.848. The number of carbonyl (C=O) groups is 2. The Kier molecular flexibility index (Phi) is 5.71. The molecule has 136 valence electrons. The predicted octanol–water partition coefficient (Wildman–Crippen LogP) is 4.72. The van der Waals surface area contributed by atoms with Crippen molar-refractivity contribution in [2.24, 2.45) is 0 Å². The van der Waals surface area contributed by atoms with Gasteiger partial charge in [0.15, 0.2) is 0 Å². The Bertz CT molecular complexity index is 796. The van der Waals surface area contributed by atoms with Gasteiger partial charge >= 0.3 is 0 Å². The highest BCUT2D eigenvalue weighted by Crippen LogP contribution is 2.28. The van der Waals surface area contributed by atoms with Crippen LogP contribution in [0.3, 0.4) is 0 Å². The van der Waals surface area contributed by atoms with Gasteiger partial charge in [0, 0.05) is 29.9 Å². The average Bonchev–Trinajstić information content (AvgIpc) is 2.65. The van der Waals surface area contributed by atoms with Crippen LogP contribution in [0.15, 0.2) is 42.5 Å². The van der Waals surface area contributed by atoms with Gasteiger partial charge in [0.2, 0.25) is 5.91 Å². The summed E-state index contributed by atoms with van der Waals surface area (Å²) in [4.78, 5) is 26.6. The summed E-state index contributed by atoms with van der Waals surface area (Å²) in [5.41, 5.74) is 4.53. The molecule has 0 radical (unpaired) electrons. The maximum Gasteiger partial charge on any atom is 0.255 e. The third-order valence-corrected chi connectivity index (χ3v) is 4.84. The SMILES string of the molecule is CCCc1ccc(C(=O)Nc2ccc(C)c(N3CCCCC3=O)c2)cc1. The van der Waals surface area contributed by atoms with Crippen molar-refractivity contribution in [2.45, 2.75) is 46.0 Å². The number of amides is 2. The van der Waals surface area contributed by atoms with E-state index < -0.39 is 0 Å². The number of benzene rings is 2. The molecule has 1 saturated heterocycles. The van der Waals surface area contributed by atoms with E-state index in [4.69, 9.17) is 0 Å². The molecule has 26 heavy (non-hydrogen) atoms. The zero-order valence-corrected chi connectivity index (χ0v) is 15.5. The van der Waals surface area contributed by atoms with E-state index in [1.54, 1.807) is 0 Å². The van der Waals surface area contributed by atoms with Crippen LogP contribution in [0.2, 0.25) is 0 Å². The fourth-order valence-electron chi connectivity index (χ4n) is 3.35. The minimum atomic E-state index is -0.132. The van der Waals surface area contributed by atoms with Crippen molar-refractivity contribution in [3.63, 3.8) is 0 Å². The number of nitrogens with zero attached hydrogens (tertiary/aromatic N) is 1. The molecule has 2 amide bonds. The summed E-state index contributed by atoms with van der Waals surface area (Å²) in [5, 5.41) is 2.95. The van der Waals surface area contributed by atoms with Gasteiger partial charge < -0.3 is 10.2 Å². The number of rotatable bonds is 5. The van der Waals surface area contributed by atoms with Crippen molar-refractivity contribution in [1.82, 2.24) is 0 Å². The zero-order valence-electron chi connectivity index (χ0n) is 15.5. The van der Waals surface area contributed by atoms with Crippen molar-refractivity contribution >= 4 is 23.2 Å². The molecule has 1 N–H and O–H groups in total. The number of piperidine rings is 1. The summed E-state index contributed by atoms with van der Waals surface area (Å²) in [6, 6.07) is 13.5. The smallest absolute Gasteiger partial charge is 0.255 e. The van der Waals surface area contributed by atoms with Crippen molar-refractivity contribution in [3.05, 3.63) is 59.2 Å². The first-order chi connectivity index (χ1) is 12.6. The number of aryl methyl sites for hydroxylation is 2. The van der Waals surface area contributed by atoms with Gasteiger partial charge in [0.25, 0.3) is 5.91 Å². The lowest BCUT2D eigenvalue weighted by Crippen LogP contribution is -2.35. The highest BCUT2D eigenvalue weighted by Gasteiger charge is 2.21. The van der Waals surface area contributed by atoms with E-state index in [1.165, 1.54) is 5.56 Å². The van der Waals surface area contributed by atoms with Gasteiger partial charge in [0.05, 0.1) is 0 Å². The van der Waals surface area contributed by atoms with Gasteiger partial charge in [-0.25, -0.2) is 0 Å². The van der Waals surface area contributed by atoms with Crippen LogP contribution in [0.1, 0.15) is 54.1 Å². The van der Waals surface area contributed by atoms with Gasteiger partial charge in [-0.1, -0.05) is 31.5 Å². The summed E-state index contributed by atoms with van der Waals surface area (Å²) in [6.07, 6.45) is 4.69. The van der Waals surface area contributed by atoms with Crippen LogP contribution in [0.4, 0.5) is 11.4 Å². The molecule has 0 aliphatic carbocycles. The van der Waals surface area contributed by atoms with E-state index in [0.29, 0.717) is 17.7 Å². The number of carbonyl (C=O) groups excluding carboxylic acids is 2. The van der Waals surface area contributed by atoms with Crippen molar-refractivity contribution in [2.75, 3.05) is 16.8 Å². The Hall–Kier alpha value is -2.62. The molecule has 0 atom stereocenters. The molecule has 1 aliphatic rings. The molecule has 0 unspecified atom stereocenters. The first kappa shape index (κ1) is 18.2. The Labute approximate surface area is 155 Å². The van der Waals surface area contributed by atoms with Crippen LogP contribution in [0, 0.1) is 6.92 Å². The molecule has 3 rings (SSSR count). The standard InChI is InChI=1S/C22H26N2O2/c1-3-6-17-9-11-18(12-10-17)22(26)23-19-13-8-16(2)20(15-19)24-14-5-4-7-21(24)25/h8-13,15H,3-7,14H2,1-2H3,(H,23,26). The van der Waals surface area contributed by atoms with Crippen LogP contribution in [0.5, 0.6) is 0 Å². The molecule has 4 heteroatoms. The fraction of sp³-hybridized carbons (Fsp3) is 0.364. The first-order valence-electron chi connectivity index (χ1n) is 9.40. The summed E-state index contributed by atoms with van der Waals surface area (Å²) in [5.74, 6) is 0.0298. The van der Waals surface area contributed by atoms with E-state index in [2.05, 4.69) is 12.2 Å². The molecule has 2 aromatic rings. The van der Waals surface area contributed by atoms with Crippen molar-refractivity contribution < 1.29 is 9.59 Å². The Morgan fingerprint density at radius 2 is 1.88 bits per heavy atom. The van der Waals surface area contributed by atoms with Gasteiger partial charge in [-0.15, -0.1) is 0 Å². The number of hydrogen-bond donors (Lipinski definition) is 1. The molecule has 0 bridgehead atoms.